The number of rotatable bonds is 8. The molecule has 4 nitrogen and oxygen atoms in total. The average molecular weight is 337 g/mol. The quantitative estimate of drug-likeness (QED) is 0.487. The topological polar surface area (TPSA) is 44.8 Å². The van der Waals surface area contributed by atoms with Crippen LogP contribution in [-0.2, 0) is 18.1 Å². The van der Waals surface area contributed by atoms with E-state index in [1.807, 2.05) is 30.3 Å². The van der Waals surface area contributed by atoms with Crippen LogP contribution in [0.3, 0.4) is 0 Å². The fourth-order valence-electron chi connectivity index (χ4n) is 1.40. The van der Waals surface area contributed by atoms with E-state index < -0.39 is 7.82 Å². The minimum Gasteiger partial charge on any atom is -0.401 e. The minimum absolute atomic E-state index is 0.218. The van der Waals surface area contributed by atoms with Gasteiger partial charge in [-0.1, -0.05) is 41.9 Å². The lowest BCUT2D eigenvalue weighted by atomic mass is 10.2. The fourth-order valence-corrected chi connectivity index (χ4v) is 3.24. The highest BCUT2D eigenvalue weighted by atomic mass is 35.5. The molecule has 112 valence electrons. The van der Waals surface area contributed by atoms with E-state index >= 15 is 0 Å². The van der Waals surface area contributed by atoms with Crippen LogP contribution in [0.4, 0.5) is 0 Å². The van der Waals surface area contributed by atoms with Crippen LogP contribution in [0, 0.1) is 0 Å². The molecular weight excluding hydrogens is 319 g/mol. The van der Waals surface area contributed by atoms with Gasteiger partial charge in [0.05, 0.1) is 13.2 Å². The lowest BCUT2D eigenvalue weighted by Crippen LogP contribution is -2.01. The van der Waals surface area contributed by atoms with Crippen molar-refractivity contribution >= 4 is 36.9 Å². The van der Waals surface area contributed by atoms with Gasteiger partial charge < -0.3 is 4.52 Å². The van der Waals surface area contributed by atoms with Gasteiger partial charge in [-0.3, -0.25) is 9.05 Å². The number of benzene rings is 1. The Labute approximate surface area is 129 Å². The first-order valence-corrected chi connectivity index (χ1v) is 9.20. The summed E-state index contributed by atoms with van der Waals surface area (Å²) in [6, 6.07) is 9.19. The molecule has 0 unspecified atom stereocenters. The largest absolute Gasteiger partial charge is 0.530 e. The van der Waals surface area contributed by atoms with Crippen molar-refractivity contribution in [2.75, 3.05) is 19.5 Å². The van der Waals surface area contributed by atoms with Gasteiger partial charge in [0.25, 0.3) is 0 Å². The van der Waals surface area contributed by atoms with Crippen LogP contribution in [-0.4, -0.2) is 19.5 Å². The van der Waals surface area contributed by atoms with Gasteiger partial charge in [0.15, 0.2) is 5.76 Å². The third kappa shape index (κ3) is 5.15. The maximum absolute atomic E-state index is 12.4. The van der Waals surface area contributed by atoms with Crippen molar-refractivity contribution < 1.29 is 18.1 Å². The number of hydrogen-bond donors (Lipinski definition) is 0. The van der Waals surface area contributed by atoms with E-state index in [-0.39, 0.29) is 13.2 Å². The van der Waals surface area contributed by atoms with Crippen LogP contribution in [0.2, 0.25) is 0 Å². The molecule has 1 rings (SSSR count). The molecule has 0 bridgehead atoms. The highest BCUT2D eigenvalue weighted by molar-refractivity contribution is 8.04. The maximum atomic E-state index is 12.4. The summed E-state index contributed by atoms with van der Waals surface area (Å²) < 4.78 is 28.6. The Bertz CT molecular complexity index is 482. The Morgan fingerprint density at radius 2 is 1.75 bits per heavy atom. The lowest BCUT2D eigenvalue weighted by molar-refractivity contribution is 0.159. The highest BCUT2D eigenvalue weighted by Crippen LogP contribution is 2.54. The van der Waals surface area contributed by atoms with Crippen LogP contribution in [0.5, 0.6) is 0 Å². The fraction of sp³-hybridized carbons (Fsp3) is 0.385. The van der Waals surface area contributed by atoms with Crippen LogP contribution in [0.1, 0.15) is 19.4 Å². The molecule has 0 spiro atoms. The number of hydrogen-bond acceptors (Lipinski definition) is 5. The smallest absolute Gasteiger partial charge is 0.401 e. The summed E-state index contributed by atoms with van der Waals surface area (Å²) in [7, 11) is -3.66. The van der Waals surface area contributed by atoms with E-state index in [9.17, 15) is 4.57 Å². The molecule has 1 aromatic carbocycles. The Morgan fingerprint density at radius 3 is 2.20 bits per heavy atom. The second kappa shape index (κ2) is 8.75. The van der Waals surface area contributed by atoms with Gasteiger partial charge in [-0.05, 0) is 20.1 Å². The zero-order valence-electron chi connectivity index (χ0n) is 11.7. The normalized spacial score (nSPS) is 13.0. The number of thioether (sulfide) groups is 1. The lowest BCUT2D eigenvalue weighted by Gasteiger charge is -2.19. The van der Waals surface area contributed by atoms with E-state index in [4.69, 9.17) is 25.2 Å². The van der Waals surface area contributed by atoms with Gasteiger partial charge in [0, 0.05) is 5.56 Å². The van der Waals surface area contributed by atoms with Gasteiger partial charge in [0.2, 0.25) is 0 Å². The van der Waals surface area contributed by atoms with Crippen molar-refractivity contribution in [2.45, 2.75) is 13.8 Å². The molecule has 0 saturated heterocycles. The molecule has 7 heteroatoms. The molecular formula is C13H18ClO4PS. The Balaban J connectivity index is 3.11. The Morgan fingerprint density at radius 1 is 1.20 bits per heavy atom. The summed E-state index contributed by atoms with van der Waals surface area (Å²) in [5.74, 6) is 0.296. The van der Waals surface area contributed by atoms with E-state index in [1.54, 1.807) is 20.1 Å². The van der Waals surface area contributed by atoms with Crippen molar-refractivity contribution in [1.29, 1.82) is 0 Å². The number of phosphoric acid groups is 1. The summed E-state index contributed by atoms with van der Waals surface area (Å²) in [6.45, 7) is 3.88. The summed E-state index contributed by atoms with van der Waals surface area (Å²) >= 11 is 7.45. The van der Waals surface area contributed by atoms with E-state index in [0.717, 1.165) is 0 Å². The van der Waals surface area contributed by atoms with Crippen molar-refractivity contribution in [1.82, 2.24) is 0 Å². The van der Waals surface area contributed by atoms with Crippen molar-refractivity contribution in [3.05, 3.63) is 40.3 Å². The summed E-state index contributed by atoms with van der Waals surface area (Å²) in [4.78, 5) is 0. The zero-order chi connectivity index (χ0) is 15.0. The molecule has 0 N–H and O–H groups in total. The Kier molecular flexibility index (Phi) is 7.70. The van der Waals surface area contributed by atoms with Gasteiger partial charge >= 0.3 is 7.82 Å². The molecule has 0 amide bonds. The molecule has 0 radical (unpaired) electrons. The third-order valence-electron chi connectivity index (χ3n) is 2.17. The predicted molar refractivity (Wildman–Crippen MR) is 84.7 cm³/mol. The van der Waals surface area contributed by atoms with Crippen molar-refractivity contribution in [3.63, 3.8) is 0 Å². The second-order valence-electron chi connectivity index (χ2n) is 3.55. The average Bonchev–Trinajstić information content (AvgIpc) is 2.45. The molecule has 0 aliphatic rings. The summed E-state index contributed by atoms with van der Waals surface area (Å²) in [5.41, 5.74) is 0.714. The zero-order valence-corrected chi connectivity index (χ0v) is 14.1. The Hall–Kier alpha value is -0.450. The predicted octanol–water partition coefficient (Wildman–Crippen LogP) is 5.11. The first-order chi connectivity index (χ1) is 9.56. The molecule has 0 saturated carbocycles. The molecule has 20 heavy (non-hydrogen) atoms. The standard InChI is InChI=1S/C13H18ClO4PS/c1-4-16-19(15,17-5-2)18-12(13(14)20-3)11-9-7-6-8-10-11/h6-10H,4-5H2,1-3H3. The second-order valence-corrected chi connectivity index (χ2v) is 6.56. The van der Waals surface area contributed by atoms with Crippen LogP contribution in [0.15, 0.2) is 34.7 Å². The van der Waals surface area contributed by atoms with Crippen LogP contribution in [0.25, 0.3) is 5.76 Å². The van der Waals surface area contributed by atoms with Crippen molar-refractivity contribution in [3.8, 4) is 0 Å². The molecule has 0 heterocycles. The molecule has 0 aliphatic heterocycles. The van der Waals surface area contributed by atoms with E-state index in [2.05, 4.69) is 0 Å². The number of halogens is 1. The van der Waals surface area contributed by atoms with Gasteiger partial charge in [-0.15, -0.1) is 11.8 Å². The van der Waals surface area contributed by atoms with Gasteiger partial charge in [-0.2, -0.15) is 0 Å². The molecule has 0 fully saturated rings. The van der Waals surface area contributed by atoms with E-state index in [0.29, 0.717) is 15.7 Å². The maximum Gasteiger partial charge on any atom is 0.530 e. The molecule has 0 aliphatic carbocycles. The van der Waals surface area contributed by atoms with Crippen LogP contribution < -0.4 is 0 Å². The van der Waals surface area contributed by atoms with Crippen LogP contribution >= 0.6 is 31.2 Å². The van der Waals surface area contributed by atoms with Gasteiger partial charge in [0.1, 0.15) is 4.36 Å². The summed E-state index contributed by atoms with van der Waals surface area (Å²) in [6.07, 6.45) is 1.81. The first kappa shape index (κ1) is 17.6. The van der Waals surface area contributed by atoms with E-state index in [1.165, 1.54) is 11.8 Å². The van der Waals surface area contributed by atoms with Gasteiger partial charge in [-0.25, -0.2) is 4.57 Å². The molecule has 0 aromatic heterocycles. The monoisotopic (exact) mass is 336 g/mol. The summed E-state index contributed by atoms with van der Waals surface area (Å²) in [5, 5.41) is 0. The minimum atomic E-state index is -3.66. The third-order valence-corrected chi connectivity index (χ3v) is 4.90. The molecule has 1 aromatic rings. The molecule has 0 atom stereocenters. The number of phosphoric ester groups is 1. The van der Waals surface area contributed by atoms with Crippen molar-refractivity contribution in [2.24, 2.45) is 0 Å². The first-order valence-electron chi connectivity index (χ1n) is 6.14. The SMILES string of the molecule is CCOP(=O)(OCC)OC(=C(Cl)SC)c1ccccc1. The highest BCUT2D eigenvalue weighted by Gasteiger charge is 2.30.